The number of imidazole rings is 1. The molecular formula is C16H27N5OSi. The molecule has 2 atom stereocenters. The van der Waals surface area contributed by atoms with Crippen LogP contribution >= 0.6 is 0 Å². The Morgan fingerprint density at radius 2 is 2.04 bits per heavy atom. The fraction of sp³-hybridized carbons (Fsp3) is 0.688. The van der Waals surface area contributed by atoms with Gasteiger partial charge in [-0.05, 0) is 37.4 Å². The topological polar surface area (TPSA) is 79.6 Å². The largest absolute Gasteiger partial charge is 0.414 e. The van der Waals surface area contributed by atoms with Gasteiger partial charge in [-0.2, -0.15) is 0 Å². The van der Waals surface area contributed by atoms with Gasteiger partial charge in [-0.25, -0.2) is 9.97 Å². The van der Waals surface area contributed by atoms with E-state index in [1.54, 1.807) is 12.7 Å². The number of hydrogen-bond donors (Lipinski definition) is 2. The van der Waals surface area contributed by atoms with Crippen LogP contribution in [0.2, 0.25) is 18.1 Å². The zero-order chi connectivity index (χ0) is 16.8. The summed E-state index contributed by atoms with van der Waals surface area (Å²) < 4.78 is 8.68. The molecule has 3 rings (SSSR count). The van der Waals surface area contributed by atoms with Crippen LogP contribution in [0, 0.1) is 5.41 Å². The number of hydrogen-bond acceptors (Lipinski definition) is 4. The van der Waals surface area contributed by atoms with Crippen LogP contribution in [0.25, 0.3) is 11.2 Å². The molecule has 1 aliphatic rings. The maximum atomic E-state index is 7.86. The molecule has 126 valence electrons. The van der Waals surface area contributed by atoms with Crippen molar-refractivity contribution in [3.63, 3.8) is 0 Å². The molecule has 2 aromatic heterocycles. The summed E-state index contributed by atoms with van der Waals surface area (Å²) >= 11 is 0. The van der Waals surface area contributed by atoms with E-state index in [9.17, 15) is 0 Å². The summed E-state index contributed by atoms with van der Waals surface area (Å²) in [5.74, 6) is 0. The first-order valence-electron chi connectivity index (χ1n) is 8.32. The third-order valence-electron chi connectivity index (χ3n) is 5.43. The molecule has 1 fully saturated rings. The van der Waals surface area contributed by atoms with Crippen molar-refractivity contribution < 1.29 is 4.43 Å². The summed E-state index contributed by atoms with van der Waals surface area (Å²) in [6, 6.07) is 0.351. The molecule has 23 heavy (non-hydrogen) atoms. The van der Waals surface area contributed by atoms with Crippen molar-refractivity contribution in [2.75, 3.05) is 0 Å². The molecule has 1 saturated carbocycles. The van der Waals surface area contributed by atoms with Crippen molar-refractivity contribution in [3.8, 4) is 0 Å². The molecule has 0 amide bonds. The van der Waals surface area contributed by atoms with Crippen LogP contribution in [0.5, 0.6) is 0 Å². The first-order chi connectivity index (χ1) is 10.7. The van der Waals surface area contributed by atoms with Gasteiger partial charge < -0.3 is 14.0 Å². The molecule has 0 spiro atoms. The van der Waals surface area contributed by atoms with E-state index in [0.717, 1.165) is 24.9 Å². The molecule has 2 heterocycles. The van der Waals surface area contributed by atoms with Crippen molar-refractivity contribution in [1.82, 2.24) is 19.5 Å². The summed E-state index contributed by atoms with van der Waals surface area (Å²) in [5, 5.41) is 8.10. The molecule has 2 N–H and O–H groups in total. The van der Waals surface area contributed by atoms with Gasteiger partial charge in [0.25, 0.3) is 0 Å². The Balaban J connectivity index is 1.79. The smallest absolute Gasteiger partial charge is 0.192 e. The predicted octanol–water partition coefficient (Wildman–Crippen LogP) is 3.35. The SMILES string of the molecule is CC(C)(C)[Si](C)(C)O[C@@H]1CC[C@@H](n2cnc(=N)c3[nH]cnc32)C1. The zero-order valence-electron chi connectivity index (χ0n) is 14.7. The average molecular weight is 334 g/mol. The molecule has 6 nitrogen and oxygen atoms in total. The summed E-state index contributed by atoms with van der Waals surface area (Å²) in [5.41, 5.74) is 1.78. The van der Waals surface area contributed by atoms with E-state index in [1.807, 2.05) is 0 Å². The number of aromatic nitrogens is 4. The van der Waals surface area contributed by atoms with E-state index in [4.69, 9.17) is 9.84 Å². The normalized spacial score (nSPS) is 22.8. The molecule has 0 radical (unpaired) electrons. The van der Waals surface area contributed by atoms with Crippen LogP contribution in [0.15, 0.2) is 12.7 Å². The highest BCUT2D eigenvalue weighted by atomic mass is 28.4. The van der Waals surface area contributed by atoms with Crippen LogP contribution in [0.4, 0.5) is 0 Å². The van der Waals surface area contributed by atoms with Gasteiger partial charge in [-0.1, -0.05) is 20.8 Å². The number of aromatic amines is 1. The predicted molar refractivity (Wildman–Crippen MR) is 92.7 cm³/mol. The highest BCUT2D eigenvalue weighted by molar-refractivity contribution is 6.74. The minimum atomic E-state index is -1.73. The number of H-pyrrole nitrogens is 1. The highest BCUT2D eigenvalue weighted by Gasteiger charge is 2.41. The molecular weight excluding hydrogens is 306 g/mol. The van der Waals surface area contributed by atoms with E-state index >= 15 is 0 Å². The van der Waals surface area contributed by atoms with Gasteiger partial charge in [-0.3, -0.25) is 5.41 Å². The fourth-order valence-electron chi connectivity index (χ4n) is 3.03. The maximum absolute atomic E-state index is 7.86. The van der Waals surface area contributed by atoms with Crippen LogP contribution < -0.4 is 5.49 Å². The summed E-state index contributed by atoms with van der Waals surface area (Å²) in [6.45, 7) is 11.5. The zero-order valence-corrected chi connectivity index (χ0v) is 15.7. The van der Waals surface area contributed by atoms with E-state index in [-0.39, 0.29) is 10.5 Å². The Morgan fingerprint density at radius 1 is 1.30 bits per heavy atom. The van der Waals surface area contributed by atoms with E-state index < -0.39 is 8.32 Å². The van der Waals surface area contributed by atoms with Gasteiger partial charge in [0, 0.05) is 12.1 Å². The Bertz CT molecular complexity index is 758. The Labute approximate surface area is 138 Å². The molecule has 0 aromatic carbocycles. The molecule has 0 aliphatic heterocycles. The second-order valence-corrected chi connectivity index (χ2v) is 12.8. The summed E-state index contributed by atoms with van der Waals surface area (Å²) in [4.78, 5) is 11.6. The van der Waals surface area contributed by atoms with E-state index in [0.29, 0.717) is 17.7 Å². The molecule has 0 saturated heterocycles. The van der Waals surface area contributed by atoms with Gasteiger partial charge in [0.15, 0.2) is 19.5 Å². The van der Waals surface area contributed by atoms with Crippen LogP contribution in [0.3, 0.4) is 0 Å². The van der Waals surface area contributed by atoms with Gasteiger partial charge in [-0.15, -0.1) is 0 Å². The number of rotatable bonds is 3. The number of fused-ring (bicyclic) bond motifs is 1. The lowest BCUT2D eigenvalue weighted by Crippen LogP contribution is -2.43. The van der Waals surface area contributed by atoms with Crippen molar-refractivity contribution in [2.45, 2.75) is 70.3 Å². The summed E-state index contributed by atoms with van der Waals surface area (Å²) in [7, 11) is -1.73. The van der Waals surface area contributed by atoms with E-state index in [1.165, 1.54) is 0 Å². The maximum Gasteiger partial charge on any atom is 0.192 e. The Morgan fingerprint density at radius 3 is 2.74 bits per heavy atom. The minimum absolute atomic E-state index is 0.238. The monoisotopic (exact) mass is 333 g/mol. The summed E-state index contributed by atoms with van der Waals surface area (Å²) in [6.07, 6.45) is 6.87. The lowest BCUT2D eigenvalue weighted by molar-refractivity contribution is 0.183. The molecule has 0 unspecified atom stereocenters. The molecule has 2 aromatic rings. The second kappa shape index (κ2) is 5.56. The van der Waals surface area contributed by atoms with Crippen molar-refractivity contribution in [3.05, 3.63) is 18.1 Å². The molecule has 1 aliphatic carbocycles. The van der Waals surface area contributed by atoms with Gasteiger partial charge in [0.1, 0.15) is 5.52 Å². The standard InChI is InChI=1S/C16H27N5OSi/c1-16(2,3)23(4,5)22-12-7-6-11(8-12)21-10-20-14(17)13-15(21)19-9-18-13/h9-12,17H,6-8H2,1-5H3,(H,18,19)/t11-,12-/m1/s1. The van der Waals surface area contributed by atoms with Gasteiger partial charge >= 0.3 is 0 Å². The highest BCUT2D eigenvalue weighted by Crippen LogP contribution is 2.41. The lowest BCUT2D eigenvalue weighted by atomic mass is 10.2. The Kier molecular flexibility index (Phi) is 3.96. The quantitative estimate of drug-likeness (QED) is 0.845. The average Bonchev–Trinajstić information content (AvgIpc) is 3.07. The van der Waals surface area contributed by atoms with Crippen molar-refractivity contribution in [1.29, 1.82) is 5.41 Å². The van der Waals surface area contributed by atoms with Crippen molar-refractivity contribution in [2.24, 2.45) is 0 Å². The van der Waals surface area contributed by atoms with Crippen LogP contribution in [0.1, 0.15) is 46.1 Å². The van der Waals surface area contributed by atoms with Crippen molar-refractivity contribution >= 4 is 19.5 Å². The number of nitrogens with zero attached hydrogens (tertiary/aromatic N) is 3. The van der Waals surface area contributed by atoms with Crippen LogP contribution in [-0.2, 0) is 4.43 Å². The first kappa shape index (κ1) is 16.4. The van der Waals surface area contributed by atoms with E-state index in [2.05, 4.69) is 53.4 Å². The molecule has 0 bridgehead atoms. The fourth-order valence-corrected chi connectivity index (χ4v) is 4.44. The number of nitrogens with one attached hydrogen (secondary N) is 2. The van der Waals surface area contributed by atoms with Gasteiger partial charge in [0.2, 0.25) is 0 Å². The Hall–Kier alpha value is -1.47. The third-order valence-corrected chi connectivity index (χ3v) is 9.96. The molecule has 7 heteroatoms. The third kappa shape index (κ3) is 2.99. The lowest BCUT2D eigenvalue weighted by Gasteiger charge is -2.38. The minimum Gasteiger partial charge on any atom is -0.414 e. The first-order valence-corrected chi connectivity index (χ1v) is 11.2. The second-order valence-electron chi connectivity index (χ2n) is 8.07. The van der Waals surface area contributed by atoms with Gasteiger partial charge in [0.05, 0.1) is 12.7 Å². The van der Waals surface area contributed by atoms with Crippen LogP contribution in [-0.4, -0.2) is 33.9 Å².